The summed E-state index contributed by atoms with van der Waals surface area (Å²) < 4.78 is 0. The summed E-state index contributed by atoms with van der Waals surface area (Å²) in [7, 11) is 0. The van der Waals surface area contributed by atoms with Gasteiger partial charge in [-0.3, -0.25) is 9.59 Å². The highest BCUT2D eigenvalue weighted by molar-refractivity contribution is 5.86. The van der Waals surface area contributed by atoms with Gasteiger partial charge in [0.05, 0.1) is 18.1 Å². The predicted molar refractivity (Wildman–Crippen MR) is 106 cm³/mol. The van der Waals surface area contributed by atoms with Gasteiger partial charge >= 0.3 is 0 Å². The maximum absolute atomic E-state index is 12.7. The molecule has 0 fully saturated rings. The van der Waals surface area contributed by atoms with E-state index in [1.165, 1.54) is 0 Å². The van der Waals surface area contributed by atoms with Crippen LogP contribution in [0.25, 0.3) is 0 Å². The second kappa shape index (κ2) is 12.3. The van der Waals surface area contributed by atoms with E-state index in [4.69, 9.17) is 5.11 Å². The van der Waals surface area contributed by atoms with E-state index in [1.54, 1.807) is 13.0 Å². The van der Waals surface area contributed by atoms with Crippen molar-refractivity contribution in [3.8, 4) is 0 Å². The molecule has 1 aromatic carbocycles. The van der Waals surface area contributed by atoms with E-state index in [0.717, 1.165) is 5.56 Å². The maximum Gasteiger partial charge on any atom is 0.224 e. The number of carbonyl (C=O) groups is 2. The first-order valence-electron chi connectivity index (χ1n) is 9.47. The molecule has 6 nitrogen and oxygen atoms in total. The molecule has 0 aliphatic heterocycles. The first kappa shape index (κ1) is 22.9. The quantitative estimate of drug-likeness (QED) is 0.420. The van der Waals surface area contributed by atoms with E-state index in [0.29, 0.717) is 19.3 Å². The monoisotopic (exact) mass is 376 g/mol. The SMILES string of the molecule is C=CC[C@H](CC(=O)N[C@@H](C)CCO)C(=O)N[C@@H](CC)[C@@H](O)c1ccccc1. The van der Waals surface area contributed by atoms with Gasteiger partial charge < -0.3 is 20.8 Å². The van der Waals surface area contributed by atoms with Crippen LogP contribution in [-0.2, 0) is 9.59 Å². The summed E-state index contributed by atoms with van der Waals surface area (Å²) >= 11 is 0. The first-order valence-corrected chi connectivity index (χ1v) is 9.47. The molecular weight excluding hydrogens is 344 g/mol. The molecule has 0 unspecified atom stereocenters. The highest BCUT2D eigenvalue weighted by Crippen LogP contribution is 2.20. The summed E-state index contributed by atoms with van der Waals surface area (Å²) in [5.74, 6) is -1.07. The fraction of sp³-hybridized carbons (Fsp3) is 0.524. The standard InChI is InChI=1S/C21H32N2O4/c1-4-9-17(14-19(25)22-15(3)12-13-24)21(27)23-18(5-2)20(26)16-10-7-6-8-11-16/h4,6-8,10-11,15,17-18,20,24,26H,1,5,9,12-14H2,2-3H3,(H,22,25)(H,23,27)/t15-,17+,18-,20-/m0/s1. The Morgan fingerprint density at radius 3 is 2.44 bits per heavy atom. The summed E-state index contributed by atoms with van der Waals surface area (Å²) in [5.41, 5.74) is 0.737. The zero-order valence-electron chi connectivity index (χ0n) is 16.2. The summed E-state index contributed by atoms with van der Waals surface area (Å²) in [6, 6.07) is 8.58. The fourth-order valence-electron chi connectivity index (χ4n) is 2.89. The van der Waals surface area contributed by atoms with E-state index in [2.05, 4.69) is 17.2 Å². The number of aliphatic hydroxyl groups is 2. The summed E-state index contributed by atoms with van der Waals surface area (Å²) in [4.78, 5) is 24.9. The van der Waals surface area contributed by atoms with Crippen LogP contribution in [0, 0.1) is 5.92 Å². The molecule has 1 aromatic rings. The number of benzene rings is 1. The van der Waals surface area contributed by atoms with Crippen LogP contribution in [0.4, 0.5) is 0 Å². The van der Waals surface area contributed by atoms with Crippen molar-refractivity contribution in [3.63, 3.8) is 0 Å². The molecule has 150 valence electrons. The van der Waals surface area contributed by atoms with Crippen molar-refractivity contribution in [2.24, 2.45) is 5.92 Å². The Bertz CT molecular complexity index is 591. The molecule has 0 saturated heterocycles. The molecule has 4 atom stereocenters. The Morgan fingerprint density at radius 2 is 1.89 bits per heavy atom. The van der Waals surface area contributed by atoms with Gasteiger partial charge in [-0.1, -0.05) is 43.3 Å². The number of rotatable bonds is 12. The average molecular weight is 376 g/mol. The number of aliphatic hydroxyl groups excluding tert-OH is 2. The highest BCUT2D eigenvalue weighted by atomic mass is 16.3. The molecule has 0 bridgehead atoms. The third-order valence-electron chi connectivity index (χ3n) is 4.51. The van der Waals surface area contributed by atoms with Crippen LogP contribution in [0.1, 0.15) is 51.2 Å². The minimum atomic E-state index is -0.817. The lowest BCUT2D eigenvalue weighted by Gasteiger charge is -2.26. The molecule has 6 heteroatoms. The fourth-order valence-corrected chi connectivity index (χ4v) is 2.89. The Hall–Kier alpha value is -2.18. The molecule has 27 heavy (non-hydrogen) atoms. The third-order valence-corrected chi connectivity index (χ3v) is 4.51. The summed E-state index contributed by atoms with van der Waals surface area (Å²) in [5, 5.41) is 25.1. The Morgan fingerprint density at radius 1 is 1.22 bits per heavy atom. The smallest absolute Gasteiger partial charge is 0.224 e. The van der Waals surface area contributed by atoms with Crippen LogP contribution in [0.5, 0.6) is 0 Å². The minimum absolute atomic E-state index is 0.00638. The normalized spacial score (nSPS) is 15.3. The van der Waals surface area contributed by atoms with Gasteiger partial charge in [0.2, 0.25) is 11.8 Å². The average Bonchev–Trinajstić information content (AvgIpc) is 2.65. The van der Waals surface area contributed by atoms with Crippen LogP contribution in [0.15, 0.2) is 43.0 Å². The van der Waals surface area contributed by atoms with Gasteiger partial charge in [-0.05, 0) is 31.7 Å². The van der Waals surface area contributed by atoms with E-state index in [1.807, 2.05) is 37.3 Å². The van der Waals surface area contributed by atoms with Gasteiger partial charge in [-0.25, -0.2) is 0 Å². The Kier molecular flexibility index (Phi) is 10.4. The van der Waals surface area contributed by atoms with Crippen LogP contribution in [0.2, 0.25) is 0 Å². The lowest BCUT2D eigenvalue weighted by molar-refractivity contribution is -0.131. The zero-order valence-corrected chi connectivity index (χ0v) is 16.2. The molecule has 0 saturated carbocycles. The summed E-state index contributed by atoms with van der Waals surface area (Å²) in [6.45, 7) is 7.36. The van der Waals surface area contributed by atoms with Crippen LogP contribution in [-0.4, -0.2) is 40.7 Å². The third kappa shape index (κ3) is 7.93. The lowest BCUT2D eigenvalue weighted by Crippen LogP contribution is -2.43. The van der Waals surface area contributed by atoms with Gasteiger partial charge in [-0.2, -0.15) is 0 Å². The highest BCUT2D eigenvalue weighted by Gasteiger charge is 2.26. The molecule has 0 radical (unpaired) electrons. The summed E-state index contributed by atoms with van der Waals surface area (Å²) in [6.07, 6.45) is 2.22. The molecule has 0 spiro atoms. The second-order valence-electron chi connectivity index (χ2n) is 6.79. The second-order valence-corrected chi connectivity index (χ2v) is 6.79. The van der Waals surface area contributed by atoms with Gasteiger partial charge in [0.25, 0.3) is 0 Å². The topological polar surface area (TPSA) is 98.7 Å². The molecule has 0 heterocycles. The molecular formula is C21H32N2O4. The van der Waals surface area contributed by atoms with Crippen LogP contribution >= 0.6 is 0 Å². The Labute approximate surface area is 161 Å². The Balaban J connectivity index is 2.72. The van der Waals surface area contributed by atoms with Crippen molar-refractivity contribution in [2.45, 2.75) is 57.7 Å². The molecule has 2 amide bonds. The number of amides is 2. The maximum atomic E-state index is 12.7. The zero-order chi connectivity index (χ0) is 20.2. The van der Waals surface area contributed by atoms with Gasteiger partial charge in [0, 0.05) is 19.1 Å². The van der Waals surface area contributed by atoms with Gasteiger partial charge in [0.15, 0.2) is 0 Å². The predicted octanol–water partition coefficient (Wildman–Crippen LogP) is 2.08. The molecule has 0 aromatic heterocycles. The number of allylic oxidation sites excluding steroid dienone is 1. The number of hydrogen-bond acceptors (Lipinski definition) is 4. The van der Waals surface area contributed by atoms with Gasteiger partial charge in [0.1, 0.15) is 0 Å². The largest absolute Gasteiger partial charge is 0.396 e. The van der Waals surface area contributed by atoms with Crippen molar-refractivity contribution in [2.75, 3.05) is 6.61 Å². The van der Waals surface area contributed by atoms with Gasteiger partial charge in [-0.15, -0.1) is 6.58 Å². The van der Waals surface area contributed by atoms with Crippen molar-refractivity contribution in [3.05, 3.63) is 48.6 Å². The van der Waals surface area contributed by atoms with Crippen LogP contribution < -0.4 is 10.6 Å². The van der Waals surface area contributed by atoms with Crippen molar-refractivity contribution >= 4 is 11.8 Å². The van der Waals surface area contributed by atoms with E-state index < -0.39 is 18.1 Å². The first-order chi connectivity index (χ1) is 12.9. The number of hydrogen-bond donors (Lipinski definition) is 4. The van der Waals surface area contributed by atoms with E-state index in [-0.39, 0.29) is 30.9 Å². The molecule has 4 N–H and O–H groups in total. The van der Waals surface area contributed by atoms with Crippen molar-refractivity contribution < 1.29 is 19.8 Å². The number of carbonyl (C=O) groups excluding carboxylic acids is 2. The molecule has 0 aliphatic carbocycles. The molecule has 0 aliphatic rings. The minimum Gasteiger partial charge on any atom is -0.396 e. The van der Waals surface area contributed by atoms with Crippen LogP contribution in [0.3, 0.4) is 0 Å². The lowest BCUT2D eigenvalue weighted by atomic mass is 9.96. The van der Waals surface area contributed by atoms with Crippen molar-refractivity contribution in [1.29, 1.82) is 0 Å². The number of nitrogens with one attached hydrogen (secondary N) is 2. The van der Waals surface area contributed by atoms with E-state index in [9.17, 15) is 14.7 Å². The van der Waals surface area contributed by atoms with Crippen molar-refractivity contribution in [1.82, 2.24) is 10.6 Å². The molecule has 1 rings (SSSR count). The van der Waals surface area contributed by atoms with E-state index >= 15 is 0 Å².